The van der Waals surface area contributed by atoms with Gasteiger partial charge in [0.2, 0.25) is 5.91 Å². The van der Waals surface area contributed by atoms with E-state index in [-0.39, 0.29) is 10.6 Å². The van der Waals surface area contributed by atoms with E-state index in [1.165, 1.54) is 18.2 Å². The Morgan fingerprint density at radius 2 is 1.86 bits per heavy atom. The minimum Gasteiger partial charge on any atom is -0.490 e. The number of thioether (sulfide) groups is 1. The van der Waals surface area contributed by atoms with Gasteiger partial charge in [0.15, 0.2) is 11.5 Å². The van der Waals surface area contributed by atoms with Crippen molar-refractivity contribution in [3.63, 3.8) is 0 Å². The van der Waals surface area contributed by atoms with Crippen LogP contribution in [0.4, 0.5) is 14.9 Å². The van der Waals surface area contributed by atoms with E-state index >= 15 is 0 Å². The highest BCUT2D eigenvalue weighted by Gasteiger charge is 2.36. The molecule has 0 aromatic heterocycles. The van der Waals surface area contributed by atoms with Crippen molar-refractivity contribution in [3.05, 3.63) is 92.1 Å². The molecule has 10 heteroatoms. The number of carbonyl (C=O) groups is 3. The zero-order chi connectivity index (χ0) is 26.4. The van der Waals surface area contributed by atoms with Crippen molar-refractivity contribution < 1.29 is 28.2 Å². The van der Waals surface area contributed by atoms with Gasteiger partial charge in [0, 0.05) is 5.69 Å². The summed E-state index contributed by atoms with van der Waals surface area (Å²) in [7, 11) is 0. The lowest BCUT2D eigenvalue weighted by atomic mass is 10.1. The highest BCUT2D eigenvalue weighted by Crippen LogP contribution is 2.38. The van der Waals surface area contributed by atoms with E-state index in [4.69, 9.17) is 9.47 Å². The minimum absolute atomic E-state index is 0.180. The Morgan fingerprint density at radius 3 is 2.59 bits per heavy atom. The first-order valence-corrected chi connectivity index (χ1v) is 13.2. The zero-order valence-corrected chi connectivity index (χ0v) is 22.7. The molecule has 7 nitrogen and oxygen atoms in total. The van der Waals surface area contributed by atoms with Crippen molar-refractivity contribution >= 4 is 63.2 Å². The molecule has 0 aliphatic carbocycles. The molecule has 1 aliphatic heterocycles. The summed E-state index contributed by atoms with van der Waals surface area (Å²) in [5, 5.41) is 1.93. The third-order valence-electron chi connectivity index (χ3n) is 5.14. The number of carbonyl (C=O) groups excluding carboxylic acids is 3. The molecule has 0 bridgehead atoms. The lowest BCUT2D eigenvalue weighted by Crippen LogP contribution is -2.36. The largest absolute Gasteiger partial charge is 0.490 e. The molecule has 0 atom stereocenters. The molecule has 1 aliphatic rings. The monoisotopic (exact) mass is 632 g/mol. The number of halogens is 2. The van der Waals surface area contributed by atoms with Crippen LogP contribution in [-0.4, -0.2) is 35.1 Å². The second kappa shape index (κ2) is 12.2. The maximum absolute atomic E-state index is 13.4. The third kappa shape index (κ3) is 6.89. The van der Waals surface area contributed by atoms with Crippen LogP contribution in [-0.2, 0) is 16.2 Å². The van der Waals surface area contributed by atoms with E-state index in [0.29, 0.717) is 30.3 Å². The van der Waals surface area contributed by atoms with E-state index in [2.05, 4.69) is 27.9 Å². The normalized spacial score (nSPS) is 14.2. The number of ether oxygens (including phenoxy) is 2. The Hall–Kier alpha value is -3.38. The summed E-state index contributed by atoms with van der Waals surface area (Å²) >= 11 is 2.89. The summed E-state index contributed by atoms with van der Waals surface area (Å²) in [4.78, 5) is 38.8. The van der Waals surface area contributed by atoms with Gasteiger partial charge >= 0.3 is 0 Å². The summed E-state index contributed by atoms with van der Waals surface area (Å²) in [5.41, 5.74) is 1.90. The Balaban J connectivity index is 1.49. The van der Waals surface area contributed by atoms with Crippen LogP contribution in [0.2, 0.25) is 0 Å². The van der Waals surface area contributed by atoms with E-state index in [1.54, 1.807) is 12.1 Å². The lowest BCUT2D eigenvalue weighted by Gasteiger charge is -2.15. The van der Waals surface area contributed by atoms with Crippen molar-refractivity contribution in [2.45, 2.75) is 13.5 Å². The summed E-state index contributed by atoms with van der Waals surface area (Å²) in [6.07, 6.45) is 1.58. The molecule has 0 radical (unpaired) electrons. The molecule has 3 aromatic carbocycles. The first-order chi connectivity index (χ1) is 17.8. The van der Waals surface area contributed by atoms with E-state index in [0.717, 1.165) is 31.9 Å². The first kappa shape index (κ1) is 26.7. The van der Waals surface area contributed by atoms with Gasteiger partial charge < -0.3 is 14.8 Å². The third-order valence-corrected chi connectivity index (χ3v) is 6.85. The molecule has 1 saturated heterocycles. The van der Waals surface area contributed by atoms with Crippen LogP contribution in [0.15, 0.2) is 71.6 Å². The molecule has 3 amide bonds. The number of imide groups is 1. The average Bonchev–Trinajstić information content (AvgIpc) is 3.11. The Kier molecular flexibility index (Phi) is 8.82. The highest BCUT2D eigenvalue weighted by molar-refractivity contribution is 14.1. The Morgan fingerprint density at radius 1 is 1.08 bits per heavy atom. The summed E-state index contributed by atoms with van der Waals surface area (Å²) in [6, 6.07) is 18.7. The smallest absolute Gasteiger partial charge is 0.294 e. The van der Waals surface area contributed by atoms with Crippen molar-refractivity contribution in [2.24, 2.45) is 0 Å². The minimum atomic E-state index is -0.609. The lowest BCUT2D eigenvalue weighted by molar-refractivity contribution is -0.127. The van der Waals surface area contributed by atoms with Crippen LogP contribution in [0, 0.1) is 9.39 Å². The fourth-order valence-corrected chi connectivity index (χ4v) is 5.12. The second-order valence-electron chi connectivity index (χ2n) is 7.86. The maximum Gasteiger partial charge on any atom is 0.294 e. The van der Waals surface area contributed by atoms with Gasteiger partial charge in [-0.2, -0.15) is 0 Å². The number of rotatable bonds is 9. The van der Waals surface area contributed by atoms with Crippen molar-refractivity contribution in [1.29, 1.82) is 0 Å². The first-order valence-electron chi connectivity index (χ1n) is 11.3. The molecule has 4 rings (SSSR count). The molecule has 1 N–H and O–H groups in total. The Bertz CT molecular complexity index is 1370. The van der Waals surface area contributed by atoms with Crippen molar-refractivity contribution in [3.8, 4) is 11.5 Å². The summed E-state index contributed by atoms with van der Waals surface area (Å²) in [6.45, 7) is 2.16. The summed E-state index contributed by atoms with van der Waals surface area (Å²) in [5.74, 6) is -0.593. The fourth-order valence-electron chi connectivity index (χ4n) is 3.50. The maximum atomic E-state index is 13.4. The van der Waals surface area contributed by atoms with Crippen LogP contribution in [0.5, 0.6) is 11.5 Å². The van der Waals surface area contributed by atoms with Crippen LogP contribution in [0.3, 0.4) is 0 Å². The van der Waals surface area contributed by atoms with Crippen molar-refractivity contribution in [1.82, 2.24) is 4.90 Å². The number of benzene rings is 3. The van der Waals surface area contributed by atoms with Crippen LogP contribution in [0.1, 0.15) is 18.1 Å². The van der Waals surface area contributed by atoms with E-state index < -0.39 is 29.4 Å². The summed E-state index contributed by atoms with van der Waals surface area (Å²) < 4.78 is 26.0. The molecule has 0 unspecified atom stereocenters. The molecular weight excluding hydrogens is 610 g/mol. The number of nitrogens with one attached hydrogen (secondary N) is 1. The van der Waals surface area contributed by atoms with Gasteiger partial charge in [-0.25, -0.2) is 4.39 Å². The number of anilines is 1. The van der Waals surface area contributed by atoms with Crippen molar-refractivity contribution in [2.75, 3.05) is 18.5 Å². The predicted molar refractivity (Wildman–Crippen MR) is 149 cm³/mol. The van der Waals surface area contributed by atoms with Crippen LogP contribution in [0.25, 0.3) is 6.08 Å². The highest BCUT2D eigenvalue weighted by atomic mass is 127. The fraction of sp³-hybridized carbons (Fsp3) is 0.148. The van der Waals surface area contributed by atoms with Gasteiger partial charge in [-0.1, -0.05) is 36.4 Å². The van der Waals surface area contributed by atoms with E-state index in [1.807, 2.05) is 43.3 Å². The molecule has 0 saturated carbocycles. The molecule has 3 aromatic rings. The molecule has 0 spiro atoms. The number of amides is 3. The quantitative estimate of drug-likeness (QED) is 0.227. The van der Waals surface area contributed by atoms with Crippen LogP contribution < -0.4 is 14.8 Å². The number of nitrogens with zero attached hydrogens (tertiary/aromatic N) is 1. The number of hydrogen-bond donors (Lipinski definition) is 1. The van der Waals surface area contributed by atoms with Gasteiger partial charge in [-0.15, -0.1) is 0 Å². The predicted octanol–water partition coefficient (Wildman–Crippen LogP) is 6.08. The van der Waals surface area contributed by atoms with Gasteiger partial charge in [0.05, 0.1) is 15.1 Å². The van der Waals surface area contributed by atoms with Gasteiger partial charge in [0.1, 0.15) is 19.0 Å². The van der Waals surface area contributed by atoms with Crippen LogP contribution >= 0.6 is 34.4 Å². The van der Waals surface area contributed by atoms with Gasteiger partial charge in [-0.05, 0) is 88.8 Å². The molecule has 190 valence electrons. The SMILES string of the molecule is CCOc1cc(/C=C2/SC(=O)N(CC(=O)Nc3cccc(F)c3)C2=O)cc(I)c1OCc1ccccc1. The number of hydrogen-bond acceptors (Lipinski definition) is 6. The topological polar surface area (TPSA) is 84.9 Å². The molecule has 1 fully saturated rings. The standard InChI is InChI=1S/C27H22FIN2O5S/c1-2-35-22-12-18(11-21(29)25(22)36-16-17-7-4-3-5-8-17)13-23-26(33)31(27(34)37-23)15-24(32)30-20-10-6-9-19(28)14-20/h3-14H,2,15-16H2,1H3,(H,30,32)/b23-13+. The zero-order valence-electron chi connectivity index (χ0n) is 19.7. The molecule has 37 heavy (non-hydrogen) atoms. The molecule has 1 heterocycles. The van der Waals surface area contributed by atoms with Gasteiger partial charge in [-0.3, -0.25) is 19.3 Å². The van der Waals surface area contributed by atoms with E-state index in [9.17, 15) is 18.8 Å². The molecular formula is C27H22FIN2O5S. The second-order valence-corrected chi connectivity index (χ2v) is 10.0. The van der Waals surface area contributed by atoms with Gasteiger partial charge in [0.25, 0.3) is 11.1 Å². The Labute approximate surface area is 231 Å². The average molecular weight is 632 g/mol.